The van der Waals surface area contributed by atoms with E-state index in [2.05, 4.69) is 11.4 Å². The predicted molar refractivity (Wildman–Crippen MR) is 92.9 cm³/mol. The molecule has 1 saturated heterocycles. The van der Waals surface area contributed by atoms with Crippen LogP contribution < -0.4 is 5.32 Å². The molecular weight excluding hydrogens is 308 g/mol. The van der Waals surface area contributed by atoms with E-state index < -0.39 is 0 Å². The molecule has 1 aliphatic rings. The lowest BCUT2D eigenvalue weighted by molar-refractivity contribution is -0.119. The molecule has 0 saturated carbocycles. The summed E-state index contributed by atoms with van der Waals surface area (Å²) < 4.78 is 0. The van der Waals surface area contributed by atoms with Crippen molar-refractivity contribution in [3.05, 3.63) is 51.7 Å². The summed E-state index contributed by atoms with van der Waals surface area (Å²) in [5.41, 5.74) is 3.01. The van der Waals surface area contributed by atoms with Gasteiger partial charge in [0.2, 0.25) is 5.91 Å². The zero-order chi connectivity index (χ0) is 16.4. The van der Waals surface area contributed by atoms with Gasteiger partial charge in [0.1, 0.15) is 6.04 Å². The Labute approximate surface area is 140 Å². The van der Waals surface area contributed by atoms with E-state index in [-0.39, 0.29) is 17.9 Å². The molecule has 0 radical (unpaired) electrons. The Morgan fingerprint density at radius 3 is 2.61 bits per heavy atom. The topological polar surface area (TPSA) is 49.4 Å². The van der Waals surface area contributed by atoms with Gasteiger partial charge in [0.15, 0.2) is 0 Å². The Bertz CT molecular complexity index is 704. The molecule has 2 heterocycles. The number of aryl methyl sites for hydroxylation is 2. The van der Waals surface area contributed by atoms with Crippen LogP contribution in [-0.2, 0) is 4.79 Å². The minimum absolute atomic E-state index is 0.0435. The Morgan fingerprint density at radius 1 is 1.22 bits per heavy atom. The Morgan fingerprint density at radius 2 is 1.96 bits per heavy atom. The van der Waals surface area contributed by atoms with Crippen LogP contribution in [0.1, 0.15) is 33.6 Å². The molecule has 2 amide bonds. The molecule has 1 aliphatic heterocycles. The van der Waals surface area contributed by atoms with Gasteiger partial charge in [-0.1, -0.05) is 12.1 Å². The third-order valence-electron chi connectivity index (χ3n) is 4.04. The van der Waals surface area contributed by atoms with Crippen molar-refractivity contribution < 1.29 is 9.59 Å². The van der Waals surface area contributed by atoms with Crippen LogP contribution in [-0.4, -0.2) is 29.3 Å². The first-order valence-electron chi connectivity index (χ1n) is 7.78. The van der Waals surface area contributed by atoms with Crippen molar-refractivity contribution >= 4 is 28.8 Å². The number of hydrogen-bond acceptors (Lipinski definition) is 3. The molecule has 1 atom stereocenters. The highest BCUT2D eigenvalue weighted by Gasteiger charge is 2.34. The second kappa shape index (κ2) is 6.54. The van der Waals surface area contributed by atoms with E-state index in [1.807, 2.05) is 43.5 Å². The molecule has 3 rings (SSSR count). The zero-order valence-electron chi connectivity index (χ0n) is 13.3. The molecule has 1 N–H and O–H groups in total. The number of likely N-dealkylation sites (tertiary alicyclic amines) is 1. The normalized spacial score (nSPS) is 17.3. The van der Waals surface area contributed by atoms with Crippen LogP contribution in [0.5, 0.6) is 0 Å². The zero-order valence-corrected chi connectivity index (χ0v) is 14.2. The average molecular weight is 328 g/mol. The lowest BCUT2D eigenvalue weighted by Gasteiger charge is -2.23. The number of carbonyl (C=O) groups is 2. The molecule has 1 fully saturated rings. The number of rotatable bonds is 3. The smallest absolute Gasteiger partial charge is 0.264 e. The molecule has 23 heavy (non-hydrogen) atoms. The first kappa shape index (κ1) is 15.7. The lowest BCUT2D eigenvalue weighted by Crippen LogP contribution is -2.42. The summed E-state index contributed by atoms with van der Waals surface area (Å²) >= 11 is 1.42. The highest BCUT2D eigenvalue weighted by molar-refractivity contribution is 7.12. The number of carbonyl (C=O) groups excluding carboxylic acids is 2. The van der Waals surface area contributed by atoms with Crippen molar-refractivity contribution in [2.24, 2.45) is 0 Å². The molecule has 0 aliphatic carbocycles. The van der Waals surface area contributed by atoms with Crippen LogP contribution in [0.4, 0.5) is 5.69 Å². The number of hydrogen-bond donors (Lipinski definition) is 1. The highest BCUT2D eigenvalue weighted by Crippen LogP contribution is 2.24. The summed E-state index contributed by atoms with van der Waals surface area (Å²) in [6, 6.07) is 9.25. The van der Waals surface area contributed by atoms with Gasteiger partial charge in [-0.2, -0.15) is 0 Å². The number of benzene rings is 1. The van der Waals surface area contributed by atoms with E-state index in [9.17, 15) is 9.59 Å². The second-order valence-electron chi connectivity index (χ2n) is 6.00. The van der Waals surface area contributed by atoms with Crippen LogP contribution in [0, 0.1) is 13.8 Å². The van der Waals surface area contributed by atoms with E-state index in [1.165, 1.54) is 11.3 Å². The monoisotopic (exact) mass is 328 g/mol. The molecule has 0 spiro atoms. The highest BCUT2D eigenvalue weighted by atomic mass is 32.1. The Hall–Kier alpha value is -2.14. The van der Waals surface area contributed by atoms with Gasteiger partial charge >= 0.3 is 0 Å². The molecule has 5 heteroatoms. The number of amides is 2. The minimum Gasteiger partial charge on any atom is -0.326 e. The number of nitrogens with one attached hydrogen (secondary N) is 1. The summed E-state index contributed by atoms with van der Waals surface area (Å²) in [5.74, 6) is -0.143. The van der Waals surface area contributed by atoms with Gasteiger partial charge < -0.3 is 10.2 Å². The molecule has 1 aromatic carbocycles. The van der Waals surface area contributed by atoms with Gasteiger partial charge in [0.25, 0.3) is 5.91 Å². The quantitative estimate of drug-likeness (QED) is 0.936. The number of nitrogens with zero attached hydrogens (tertiary/aromatic N) is 1. The largest absolute Gasteiger partial charge is 0.326 e. The lowest BCUT2D eigenvalue weighted by atomic mass is 10.1. The van der Waals surface area contributed by atoms with E-state index in [1.54, 1.807) is 4.90 Å². The standard InChI is InChI=1S/C18H20N2O2S/c1-12-9-13(2)11-14(10-12)19-17(21)15-5-3-7-20(15)18(22)16-6-4-8-23-16/h4,6,8-11,15H,3,5,7H2,1-2H3,(H,19,21)/t15-/m0/s1. The van der Waals surface area contributed by atoms with Gasteiger partial charge in [-0.25, -0.2) is 0 Å². The van der Waals surface area contributed by atoms with Crippen LogP contribution in [0.15, 0.2) is 35.7 Å². The van der Waals surface area contributed by atoms with Gasteiger partial charge in [0, 0.05) is 12.2 Å². The van der Waals surface area contributed by atoms with Crippen LogP contribution in [0.2, 0.25) is 0 Å². The maximum atomic E-state index is 12.6. The summed E-state index contributed by atoms with van der Waals surface area (Å²) in [7, 11) is 0. The Kier molecular flexibility index (Phi) is 4.48. The fourth-order valence-corrected chi connectivity index (χ4v) is 3.78. The molecule has 0 unspecified atom stereocenters. The SMILES string of the molecule is Cc1cc(C)cc(NC(=O)[C@@H]2CCCN2C(=O)c2cccs2)c1. The van der Waals surface area contributed by atoms with Crippen LogP contribution >= 0.6 is 11.3 Å². The van der Waals surface area contributed by atoms with Gasteiger partial charge in [-0.3, -0.25) is 9.59 Å². The molecule has 2 aromatic rings. The molecule has 1 aromatic heterocycles. The second-order valence-corrected chi connectivity index (χ2v) is 6.95. The van der Waals surface area contributed by atoms with E-state index in [0.29, 0.717) is 17.8 Å². The number of thiophene rings is 1. The summed E-state index contributed by atoms with van der Waals surface area (Å²) in [6.07, 6.45) is 1.58. The maximum absolute atomic E-state index is 12.6. The van der Waals surface area contributed by atoms with Gasteiger partial charge in [0.05, 0.1) is 4.88 Å². The van der Waals surface area contributed by atoms with E-state index >= 15 is 0 Å². The van der Waals surface area contributed by atoms with E-state index in [4.69, 9.17) is 0 Å². The molecule has 120 valence electrons. The fraction of sp³-hybridized carbons (Fsp3) is 0.333. The first-order valence-corrected chi connectivity index (χ1v) is 8.66. The van der Waals surface area contributed by atoms with Crippen molar-refractivity contribution in [2.75, 3.05) is 11.9 Å². The third-order valence-corrected chi connectivity index (χ3v) is 4.90. The maximum Gasteiger partial charge on any atom is 0.264 e. The predicted octanol–water partition coefficient (Wildman–Crippen LogP) is 3.61. The van der Waals surface area contributed by atoms with Crippen LogP contribution in [0.25, 0.3) is 0 Å². The average Bonchev–Trinajstić information content (AvgIpc) is 3.17. The Balaban J connectivity index is 1.74. The van der Waals surface area contributed by atoms with Crippen molar-refractivity contribution in [3.63, 3.8) is 0 Å². The fourth-order valence-electron chi connectivity index (χ4n) is 3.10. The van der Waals surface area contributed by atoms with Crippen molar-refractivity contribution in [1.82, 2.24) is 4.90 Å². The molecular formula is C18H20N2O2S. The van der Waals surface area contributed by atoms with Crippen molar-refractivity contribution in [1.29, 1.82) is 0 Å². The van der Waals surface area contributed by atoms with Gasteiger partial charge in [-0.15, -0.1) is 11.3 Å². The number of anilines is 1. The summed E-state index contributed by atoms with van der Waals surface area (Å²) in [4.78, 5) is 27.5. The minimum atomic E-state index is -0.384. The third kappa shape index (κ3) is 3.45. The first-order chi connectivity index (χ1) is 11.0. The van der Waals surface area contributed by atoms with Crippen LogP contribution in [0.3, 0.4) is 0 Å². The van der Waals surface area contributed by atoms with Crippen molar-refractivity contribution in [3.8, 4) is 0 Å². The molecule has 0 bridgehead atoms. The summed E-state index contributed by atoms with van der Waals surface area (Å²) in [6.45, 7) is 4.65. The summed E-state index contributed by atoms with van der Waals surface area (Å²) in [5, 5.41) is 4.85. The van der Waals surface area contributed by atoms with E-state index in [0.717, 1.165) is 23.2 Å². The molecule has 4 nitrogen and oxygen atoms in total. The van der Waals surface area contributed by atoms with Crippen molar-refractivity contribution in [2.45, 2.75) is 32.7 Å². The van der Waals surface area contributed by atoms with Gasteiger partial charge in [-0.05, 0) is 61.4 Å².